The summed E-state index contributed by atoms with van der Waals surface area (Å²) in [6.07, 6.45) is 8.90. The van der Waals surface area contributed by atoms with Gasteiger partial charge in [-0.05, 0) is 49.3 Å². The predicted octanol–water partition coefficient (Wildman–Crippen LogP) is 3.47. The number of nitrogens with one attached hydrogen (secondary N) is 1. The molecule has 1 unspecified atom stereocenters. The second-order valence-corrected chi connectivity index (χ2v) is 5.13. The van der Waals surface area contributed by atoms with E-state index in [0.29, 0.717) is 12.3 Å². The van der Waals surface area contributed by atoms with Gasteiger partial charge in [0.25, 0.3) is 0 Å². The van der Waals surface area contributed by atoms with Crippen molar-refractivity contribution in [2.45, 2.75) is 32.1 Å². The Kier molecular flexibility index (Phi) is 5.01. The minimum Gasteiger partial charge on any atom is -0.481 e. The lowest BCUT2D eigenvalue weighted by atomic mass is 9.94. The molecule has 0 amide bonds. The minimum absolute atomic E-state index is 0.191. The lowest BCUT2D eigenvalue weighted by Crippen LogP contribution is -2.15. The third-order valence-electron chi connectivity index (χ3n) is 3.53. The van der Waals surface area contributed by atoms with Crippen molar-refractivity contribution < 1.29 is 9.90 Å². The molecule has 0 heterocycles. The average molecular weight is 259 g/mol. The zero-order valence-electron chi connectivity index (χ0n) is 11.1. The van der Waals surface area contributed by atoms with Gasteiger partial charge in [0.2, 0.25) is 0 Å². The van der Waals surface area contributed by atoms with E-state index >= 15 is 0 Å². The normalized spacial score (nSPS) is 18.2. The highest BCUT2D eigenvalue weighted by molar-refractivity contribution is 5.67. The van der Waals surface area contributed by atoms with Crippen LogP contribution in [0.2, 0.25) is 0 Å². The third kappa shape index (κ3) is 4.78. The molecule has 3 nitrogen and oxygen atoms in total. The summed E-state index contributed by atoms with van der Waals surface area (Å²) in [7, 11) is 0. The summed E-state index contributed by atoms with van der Waals surface area (Å²) in [6.45, 7) is 0.993. The summed E-state index contributed by atoms with van der Waals surface area (Å²) in [5, 5.41) is 12.2. The van der Waals surface area contributed by atoms with Crippen LogP contribution in [-0.2, 0) is 11.2 Å². The van der Waals surface area contributed by atoms with Crippen LogP contribution >= 0.6 is 0 Å². The van der Waals surface area contributed by atoms with Crippen LogP contribution < -0.4 is 5.32 Å². The van der Waals surface area contributed by atoms with Crippen molar-refractivity contribution in [1.82, 2.24) is 0 Å². The predicted molar refractivity (Wildman–Crippen MR) is 77.4 cm³/mol. The molecule has 0 aromatic heterocycles. The first-order chi connectivity index (χ1) is 9.24. The molecule has 19 heavy (non-hydrogen) atoms. The van der Waals surface area contributed by atoms with Crippen molar-refractivity contribution in [3.8, 4) is 0 Å². The topological polar surface area (TPSA) is 49.3 Å². The third-order valence-corrected chi connectivity index (χ3v) is 3.53. The highest BCUT2D eigenvalue weighted by Crippen LogP contribution is 2.19. The van der Waals surface area contributed by atoms with Gasteiger partial charge in [-0.15, -0.1) is 0 Å². The fourth-order valence-electron chi connectivity index (χ4n) is 2.39. The summed E-state index contributed by atoms with van der Waals surface area (Å²) < 4.78 is 0. The molecule has 0 radical (unpaired) electrons. The van der Waals surface area contributed by atoms with E-state index in [9.17, 15) is 4.79 Å². The van der Waals surface area contributed by atoms with E-state index in [1.807, 2.05) is 18.2 Å². The fraction of sp³-hybridized carbons (Fsp3) is 0.438. The number of hydrogen-bond acceptors (Lipinski definition) is 2. The molecule has 0 fully saturated rings. The maximum Gasteiger partial charge on any atom is 0.303 e. The van der Waals surface area contributed by atoms with Gasteiger partial charge in [-0.2, -0.15) is 0 Å². The smallest absolute Gasteiger partial charge is 0.303 e. The van der Waals surface area contributed by atoms with Gasteiger partial charge in [0.05, 0.1) is 0 Å². The van der Waals surface area contributed by atoms with E-state index in [1.165, 1.54) is 12.8 Å². The molecule has 0 spiro atoms. The van der Waals surface area contributed by atoms with Gasteiger partial charge in [-0.25, -0.2) is 0 Å². The van der Waals surface area contributed by atoms with Crippen LogP contribution in [0.4, 0.5) is 5.69 Å². The monoisotopic (exact) mass is 259 g/mol. The molecule has 1 aromatic carbocycles. The molecular formula is C16H21NO2. The van der Waals surface area contributed by atoms with Crippen molar-refractivity contribution >= 4 is 11.7 Å². The molecule has 1 aliphatic rings. The molecule has 2 N–H and O–H groups in total. The number of allylic oxidation sites excluding steroid dienone is 2. The fourth-order valence-corrected chi connectivity index (χ4v) is 2.39. The van der Waals surface area contributed by atoms with Crippen LogP contribution in [0.15, 0.2) is 36.4 Å². The number of carboxylic acids is 1. The summed E-state index contributed by atoms with van der Waals surface area (Å²) >= 11 is 0. The van der Waals surface area contributed by atoms with Crippen LogP contribution in [0.1, 0.15) is 31.2 Å². The van der Waals surface area contributed by atoms with Crippen LogP contribution in [0.3, 0.4) is 0 Å². The number of anilines is 1. The number of aliphatic carboxylic acids is 1. The Morgan fingerprint density at radius 1 is 1.37 bits per heavy atom. The van der Waals surface area contributed by atoms with Gasteiger partial charge in [0.15, 0.2) is 0 Å². The van der Waals surface area contributed by atoms with E-state index in [-0.39, 0.29) is 6.42 Å². The van der Waals surface area contributed by atoms with Gasteiger partial charge in [0.1, 0.15) is 0 Å². The van der Waals surface area contributed by atoms with Gasteiger partial charge in [-0.1, -0.05) is 24.3 Å². The van der Waals surface area contributed by atoms with Crippen molar-refractivity contribution in [2.75, 3.05) is 11.9 Å². The van der Waals surface area contributed by atoms with Crippen LogP contribution in [0.25, 0.3) is 0 Å². The molecule has 1 aliphatic carbocycles. The molecule has 3 heteroatoms. The number of carboxylic acid groups (broad SMARTS) is 1. The van der Waals surface area contributed by atoms with E-state index < -0.39 is 5.97 Å². The number of benzene rings is 1. The molecular weight excluding hydrogens is 238 g/mol. The van der Waals surface area contributed by atoms with Crippen molar-refractivity contribution in [3.05, 3.63) is 42.0 Å². The Morgan fingerprint density at radius 2 is 2.26 bits per heavy atom. The SMILES string of the molecule is O=C(O)CCc1cccc(NCC2CC=CCC2)c1. The quantitative estimate of drug-likeness (QED) is 0.769. The van der Waals surface area contributed by atoms with Gasteiger partial charge in [0, 0.05) is 18.7 Å². The van der Waals surface area contributed by atoms with Gasteiger partial charge >= 0.3 is 5.97 Å². The van der Waals surface area contributed by atoms with E-state index in [2.05, 4.69) is 23.5 Å². The minimum atomic E-state index is -0.743. The standard InChI is InChI=1S/C16H21NO2/c18-16(19)10-9-13-7-4-8-15(11-13)17-12-14-5-2-1-3-6-14/h1-2,4,7-8,11,14,17H,3,5-6,9-10,12H2,(H,18,19). The van der Waals surface area contributed by atoms with Crippen LogP contribution in [0, 0.1) is 5.92 Å². The number of aryl methyl sites for hydroxylation is 1. The summed E-state index contributed by atoms with van der Waals surface area (Å²) in [4.78, 5) is 10.6. The van der Waals surface area contributed by atoms with Crippen LogP contribution in [-0.4, -0.2) is 17.6 Å². The van der Waals surface area contributed by atoms with Crippen molar-refractivity contribution in [1.29, 1.82) is 0 Å². The van der Waals surface area contributed by atoms with Gasteiger partial charge in [-0.3, -0.25) is 4.79 Å². The molecule has 0 saturated heterocycles. The maximum atomic E-state index is 10.6. The zero-order chi connectivity index (χ0) is 13.5. The Morgan fingerprint density at radius 3 is 3.00 bits per heavy atom. The van der Waals surface area contributed by atoms with Crippen molar-refractivity contribution in [2.24, 2.45) is 5.92 Å². The Balaban J connectivity index is 1.84. The lowest BCUT2D eigenvalue weighted by molar-refractivity contribution is -0.136. The average Bonchev–Trinajstić information content (AvgIpc) is 2.44. The van der Waals surface area contributed by atoms with Crippen LogP contribution in [0.5, 0.6) is 0 Å². The second kappa shape index (κ2) is 6.98. The summed E-state index contributed by atoms with van der Waals surface area (Å²) in [6, 6.07) is 8.07. The zero-order valence-corrected chi connectivity index (χ0v) is 11.1. The first-order valence-electron chi connectivity index (χ1n) is 6.93. The number of hydrogen-bond donors (Lipinski definition) is 2. The molecule has 102 valence electrons. The first-order valence-corrected chi connectivity index (χ1v) is 6.93. The Labute approximate surface area is 114 Å². The van der Waals surface area contributed by atoms with E-state index in [4.69, 9.17) is 5.11 Å². The summed E-state index contributed by atoms with van der Waals surface area (Å²) in [5.74, 6) is -0.0277. The Bertz CT molecular complexity index is 454. The van der Waals surface area contributed by atoms with Crippen molar-refractivity contribution in [3.63, 3.8) is 0 Å². The van der Waals surface area contributed by atoms with E-state index in [1.54, 1.807) is 0 Å². The maximum absolute atomic E-state index is 10.6. The second-order valence-electron chi connectivity index (χ2n) is 5.13. The largest absolute Gasteiger partial charge is 0.481 e. The van der Waals surface area contributed by atoms with E-state index in [0.717, 1.165) is 24.2 Å². The molecule has 1 atom stereocenters. The van der Waals surface area contributed by atoms with Gasteiger partial charge < -0.3 is 10.4 Å². The highest BCUT2D eigenvalue weighted by atomic mass is 16.4. The Hall–Kier alpha value is -1.77. The first kappa shape index (κ1) is 13.7. The number of rotatable bonds is 6. The summed E-state index contributed by atoms with van der Waals surface area (Å²) in [5.41, 5.74) is 2.17. The molecule has 0 aliphatic heterocycles. The lowest BCUT2D eigenvalue weighted by Gasteiger charge is -2.19. The molecule has 1 aromatic rings. The molecule has 2 rings (SSSR count). The molecule has 0 bridgehead atoms. The highest BCUT2D eigenvalue weighted by Gasteiger charge is 2.09. The number of carbonyl (C=O) groups is 1. The molecule has 0 saturated carbocycles.